The molecule has 0 spiro atoms. The molecule has 32 heavy (non-hydrogen) atoms. The van der Waals surface area contributed by atoms with Crippen molar-refractivity contribution in [2.75, 3.05) is 26.2 Å². The van der Waals surface area contributed by atoms with Gasteiger partial charge < -0.3 is 9.64 Å². The maximum absolute atomic E-state index is 13.4. The summed E-state index contributed by atoms with van der Waals surface area (Å²) in [6.07, 6.45) is 6.61. The van der Waals surface area contributed by atoms with Gasteiger partial charge in [0.25, 0.3) is 0 Å². The number of aromatic nitrogens is 1. The second-order valence-electron chi connectivity index (χ2n) is 8.71. The van der Waals surface area contributed by atoms with Crippen LogP contribution in [0, 0.1) is 12.8 Å². The number of ether oxygens (including phenoxy) is 1. The zero-order valence-corrected chi connectivity index (χ0v) is 19.3. The first-order chi connectivity index (χ1) is 15.4. The molecule has 0 radical (unpaired) electrons. The van der Waals surface area contributed by atoms with Gasteiger partial charge in [-0.2, -0.15) is 4.31 Å². The lowest BCUT2D eigenvalue weighted by Gasteiger charge is -2.34. The van der Waals surface area contributed by atoms with E-state index in [1.54, 1.807) is 24.5 Å². The van der Waals surface area contributed by atoms with Gasteiger partial charge in [-0.05, 0) is 56.4 Å². The highest BCUT2D eigenvalue weighted by Crippen LogP contribution is 2.26. The number of rotatable bonds is 7. The van der Waals surface area contributed by atoms with Gasteiger partial charge in [0.2, 0.25) is 15.9 Å². The van der Waals surface area contributed by atoms with Crippen LogP contribution in [0.1, 0.15) is 36.8 Å². The van der Waals surface area contributed by atoms with E-state index in [4.69, 9.17) is 4.74 Å². The largest absolute Gasteiger partial charge is 0.376 e. The summed E-state index contributed by atoms with van der Waals surface area (Å²) >= 11 is 0. The molecule has 2 aliphatic rings. The fourth-order valence-electron chi connectivity index (χ4n) is 4.44. The smallest absolute Gasteiger partial charge is 0.243 e. The van der Waals surface area contributed by atoms with E-state index in [1.165, 1.54) is 4.31 Å². The van der Waals surface area contributed by atoms with Gasteiger partial charge in [-0.15, -0.1) is 0 Å². The van der Waals surface area contributed by atoms with Crippen LogP contribution in [0.25, 0.3) is 0 Å². The number of carbonyl (C=O) groups is 1. The van der Waals surface area contributed by atoms with Crippen molar-refractivity contribution in [3.8, 4) is 0 Å². The Hall–Kier alpha value is -2.29. The van der Waals surface area contributed by atoms with Crippen LogP contribution in [-0.2, 0) is 26.1 Å². The van der Waals surface area contributed by atoms with Crippen LogP contribution in [0.5, 0.6) is 0 Å². The van der Waals surface area contributed by atoms with Gasteiger partial charge in [0.05, 0.1) is 11.0 Å². The van der Waals surface area contributed by atoms with Crippen LogP contribution >= 0.6 is 0 Å². The normalized spacial score (nSPS) is 20.3. The predicted molar refractivity (Wildman–Crippen MR) is 121 cm³/mol. The van der Waals surface area contributed by atoms with Crippen LogP contribution in [0.4, 0.5) is 0 Å². The molecular formula is C24H31N3O4S. The summed E-state index contributed by atoms with van der Waals surface area (Å²) < 4.78 is 33.3. The zero-order chi connectivity index (χ0) is 22.6. The maximum Gasteiger partial charge on any atom is 0.243 e. The van der Waals surface area contributed by atoms with Gasteiger partial charge in [0, 0.05) is 51.1 Å². The Morgan fingerprint density at radius 3 is 2.53 bits per heavy atom. The highest BCUT2D eigenvalue weighted by molar-refractivity contribution is 7.89. The summed E-state index contributed by atoms with van der Waals surface area (Å²) in [5.74, 6) is -0.103. The fraction of sp³-hybridized carbons (Fsp3) is 0.500. The van der Waals surface area contributed by atoms with Crippen molar-refractivity contribution in [1.29, 1.82) is 0 Å². The van der Waals surface area contributed by atoms with Crippen molar-refractivity contribution >= 4 is 15.9 Å². The highest BCUT2D eigenvalue weighted by Gasteiger charge is 2.34. The summed E-state index contributed by atoms with van der Waals surface area (Å²) in [5.41, 5.74) is 2.01. The van der Waals surface area contributed by atoms with Crippen molar-refractivity contribution in [3.05, 3.63) is 59.9 Å². The van der Waals surface area contributed by atoms with Gasteiger partial charge in [-0.1, -0.05) is 23.8 Å². The molecule has 0 bridgehead atoms. The molecule has 8 heteroatoms. The van der Waals surface area contributed by atoms with Crippen molar-refractivity contribution < 1.29 is 17.9 Å². The topological polar surface area (TPSA) is 79.8 Å². The first kappa shape index (κ1) is 22.9. The minimum Gasteiger partial charge on any atom is -0.376 e. The van der Waals surface area contributed by atoms with Crippen LogP contribution in [-0.4, -0.2) is 60.9 Å². The number of benzene rings is 1. The lowest BCUT2D eigenvalue weighted by molar-refractivity contribution is -0.139. The second kappa shape index (κ2) is 10.1. The first-order valence-electron chi connectivity index (χ1n) is 11.3. The Kier molecular flexibility index (Phi) is 7.23. The fourth-order valence-corrected chi connectivity index (χ4v) is 5.91. The number of pyridine rings is 1. The van der Waals surface area contributed by atoms with Gasteiger partial charge >= 0.3 is 0 Å². The van der Waals surface area contributed by atoms with Crippen molar-refractivity contribution in [1.82, 2.24) is 14.2 Å². The number of amides is 1. The molecule has 1 unspecified atom stereocenters. The molecule has 4 rings (SSSR count). The third-order valence-electron chi connectivity index (χ3n) is 6.32. The van der Waals surface area contributed by atoms with E-state index < -0.39 is 10.0 Å². The summed E-state index contributed by atoms with van der Waals surface area (Å²) in [6, 6.07) is 10.8. The van der Waals surface area contributed by atoms with E-state index in [-0.39, 0.29) is 17.9 Å². The molecule has 0 aliphatic carbocycles. The molecule has 1 atom stereocenters. The van der Waals surface area contributed by atoms with Crippen molar-refractivity contribution in [2.45, 2.75) is 50.2 Å². The monoisotopic (exact) mass is 457 g/mol. The Balaban J connectivity index is 1.41. The Bertz CT molecular complexity index is 997. The van der Waals surface area contributed by atoms with E-state index in [9.17, 15) is 13.2 Å². The average Bonchev–Trinajstić information content (AvgIpc) is 3.32. The number of nitrogens with zero attached hydrogens (tertiary/aromatic N) is 3. The standard InChI is InChI=1S/C24H31N3O4S/c1-19-6-8-23(9-7-19)32(29,30)27-13-10-21(11-14-27)24(28)26(18-22-5-3-15-31-22)17-20-4-2-12-25-16-20/h2,4,6-9,12,16,21-22H,3,5,10-11,13-15,17-18H2,1H3. The number of piperidine rings is 1. The lowest BCUT2D eigenvalue weighted by Crippen LogP contribution is -2.45. The van der Waals surface area contributed by atoms with Crippen LogP contribution in [0.2, 0.25) is 0 Å². The molecular weight excluding hydrogens is 426 g/mol. The van der Waals surface area contributed by atoms with Gasteiger partial charge in [-0.3, -0.25) is 9.78 Å². The van der Waals surface area contributed by atoms with Gasteiger partial charge in [0.1, 0.15) is 0 Å². The predicted octanol–water partition coefficient (Wildman–Crippen LogP) is 3.00. The molecule has 3 heterocycles. The zero-order valence-electron chi connectivity index (χ0n) is 18.5. The summed E-state index contributed by atoms with van der Waals surface area (Å²) in [5, 5.41) is 0. The van der Waals surface area contributed by atoms with E-state index in [0.29, 0.717) is 43.9 Å². The molecule has 2 saturated heterocycles. The highest BCUT2D eigenvalue weighted by atomic mass is 32.2. The molecule has 1 aromatic carbocycles. The van der Waals surface area contributed by atoms with Gasteiger partial charge in [-0.25, -0.2) is 8.42 Å². The number of sulfonamides is 1. The second-order valence-corrected chi connectivity index (χ2v) is 10.6. The quantitative estimate of drug-likeness (QED) is 0.639. The molecule has 7 nitrogen and oxygen atoms in total. The Morgan fingerprint density at radius 2 is 1.91 bits per heavy atom. The van der Waals surface area contributed by atoms with E-state index >= 15 is 0 Å². The Labute approximate surface area is 190 Å². The summed E-state index contributed by atoms with van der Waals surface area (Å²) in [7, 11) is -3.54. The first-order valence-corrected chi connectivity index (χ1v) is 12.7. The van der Waals surface area contributed by atoms with Crippen LogP contribution in [0.3, 0.4) is 0 Å². The minimum absolute atomic E-state index is 0.0672. The summed E-state index contributed by atoms with van der Waals surface area (Å²) in [4.78, 5) is 19.8. The number of aryl methyl sites for hydroxylation is 1. The molecule has 2 aromatic rings. The number of hydrogen-bond donors (Lipinski definition) is 0. The minimum atomic E-state index is -3.54. The molecule has 1 amide bonds. The third-order valence-corrected chi connectivity index (χ3v) is 8.23. The third kappa shape index (κ3) is 5.36. The maximum atomic E-state index is 13.4. The SMILES string of the molecule is Cc1ccc(S(=O)(=O)N2CCC(C(=O)N(Cc3cccnc3)CC3CCCO3)CC2)cc1. The molecule has 2 aliphatic heterocycles. The van der Waals surface area contributed by atoms with Gasteiger partial charge in [0.15, 0.2) is 0 Å². The molecule has 1 aromatic heterocycles. The van der Waals surface area contributed by atoms with Crippen LogP contribution < -0.4 is 0 Å². The van der Waals surface area contributed by atoms with Crippen molar-refractivity contribution in [3.63, 3.8) is 0 Å². The van der Waals surface area contributed by atoms with E-state index in [2.05, 4.69) is 4.98 Å². The molecule has 172 valence electrons. The Morgan fingerprint density at radius 1 is 1.16 bits per heavy atom. The van der Waals surface area contributed by atoms with E-state index in [1.807, 2.05) is 36.1 Å². The van der Waals surface area contributed by atoms with Crippen molar-refractivity contribution in [2.24, 2.45) is 5.92 Å². The van der Waals surface area contributed by atoms with E-state index in [0.717, 1.165) is 30.6 Å². The lowest BCUT2D eigenvalue weighted by atomic mass is 9.96. The molecule has 2 fully saturated rings. The summed E-state index contributed by atoms with van der Waals surface area (Å²) in [6.45, 7) is 4.45. The van der Waals surface area contributed by atoms with Crippen LogP contribution in [0.15, 0.2) is 53.7 Å². The number of hydrogen-bond acceptors (Lipinski definition) is 5. The average molecular weight is 458 g/mol. The molecule has 0 saturated carbocycles. The number of carbonyl (C=O) groups excluding carboxylic acids is 1. The molecule has 0 N–H and O–H groups in total.